The molecule has 1 saturated heterocycles. The molecule has 1 fully saturated rings. The van der Waals surface area contributed by atoms with Crippen molar-refractivity contribution in [3.05, 3.63) is 17.7 Å². The number of benzene rings is 1. The quantitative estimate of drug-likeness (QED) is 0.701. The number of nitrogens with zero attached hydrogens (tertiary/aromatic N) is 1. The summed E-state index contributed by atoms with van der Waals surface area (Å²) < 4.78 is 10.6. The number of likely N-dealkylation sites (tertiary alicyclic amines) is 1. The molecule has 0 spiro atoms. The number of hydrogen-bond acceptors (Lipinski definition) is 5. The van der Waals surface area contributed by atoms with E-state index < -0.39 is 0 Å². The molecule has 25 heavy (non-hydrogen) atoms. The van der Waals surface area contributed by atoms with E-state index >= 15 is 0 Å². The molecule has 0 unspecified atom stereocenters. The first-order valence-corrected chi connectivity index (χ1v) is 8.60. The van der Waals surface area contributed by atoms with Crippen LogP contribution in [0.15, 0.2) is 12.1 Å². The van der Waals surface area contributed by atoms with Crippen molar-refractivity contribution in [1.29, 1.82) is 0 Å². The molecule has 1 heterocycles. The number of nitrogens with one attached hydrogen (secondary N) is 2. The zero-order valence-electron chi connectivity index (χ0n) is 15.2. The van der Waals surface area contributed by atoms with Gasteiger partial charge < -0.3 is 25.0 Å². The first kappa shape index (κ1) is 19.1. The van der Waals surface area contributed by atoms with E-state index in [1.165, 1.54) is 14.2 Å². The number of rotatable bonds is 8. The van der Waals surface area contributed by atoms with E-state index in [0.717, 1.165) is 38.9 Å². The molecule has 2 amide bonds. The van der Waals surface area contributed by atoms with Crippen LogP contribution in [0.1, 0.15) is 36.0 Å². The Balaban J connectivity index is 2.27. The van der Waals surface area contributed by atoms with Crippen molar-refractivity contribution in [1.82, 2.24) is 10.2 Å². The molecule has 0 radical (unpaired) electrons. The normalized spacial score (nSPS) is 13.6. The lowest BCUT2D eigenvalue weighted by atomic mass is 10.1. The molecule has 0 aliphatic carbocycles. The lowest BCUT2D eigenvalue weighted by Crippen LogP contribution is -2.29. The fourth-order valence-corrected chi connectivity index (χ4v) is 2.89. The summed E-state index contributed by atoms with van der Waals surface area (Å²) in [7, 11) is 4.90. The van der Waals surface area contributed by atoms with E-state index in [2.05, 4.69) is 10.6 Å². The summed E-state index contributed by atoms with van der Waals surface area (Å²) in [4.78, 5) is 26.9. The van der Waals surface area contributed by atoms with E-state index in [-0.39, 0.29) is 11.8 Å². The fourth-order valence-electron chi connectivity index (χ4n) is 2.89. The van der Waals surface area contributed by atoms with Gasteiger partial charge in [-0.1, -0.05) is 0 Å². The van der Waals surface area contributed by atoms with Gasteiger partial charge >= 0.3 is 0 Å². The van der Waals surface area contributed by atoms with E-state index in [1.54, 1.807) is 17.0 Å². The minimum absolute atomic E-state index is 0.0935. The smallest absolute Gasteiger partial charge is 0.256 e. The molecule has 1 aromatic carbocycles. The van der Waals surface area contributed by atoms with Crippen LogP contribution < -0.4 is 20.1 Å². The van der Waals surface area contributed by atoms with Gasteiger partial charge in [-0.3, -0.25) is 9.59 Å². The van der Waals surface area contributed by atoms with Crippen LogP contribution in [0.5, 0.6) is 11.5 Å². The van der Waals surface area contributed by atoms with Crippen LogP contribution in [0, 0.1) is 0 Å². The second kappa shape index (κ2) is 9.27. The molecule has 2 rings (SSSR count). The van der Waals surface area contributed by atoms with Gasteiger partial charge in [-0.2, -0.15) is 0 Å². The maximum Gasteiger partial charge on any atom is 0.256 e. The molecule has 7 heteroatoms. The number of carbonyl (C=O) groups excluding carboxylic acids is 2. The standard InChI is InChI=1S/C18H27N3O4/c1-19-8-6-7-17(22)20-14-12-16(25-3)15(24-2)11-13(14)18(23)21-9-4-5-10-21/h11-12,19H,4-10H2,1-3H3,(H,20,22). The third-order valence-corrected chi connectivity index (χ3v) is 4.25. The van der Waals surface area contributed by atoms with Crippen molar-refractivity contribution in [2.45, 2.75) is 25.7 Å². The first-order chi connectivity index (χ1) is 12.1. The van der Waals surface area contributed by atoms with Crippen molar-refractivity contribution < 1.29 is 19.1 Å². The fraction of sp³-hybridized carbons (Fsp3) is 0.556. The predicted molar refractivity (Wildman–Crippen MR) is 96.5 cm³/mol. The van der Waals surface area contributed by atoms with Crippen LogP contribution in [-0.2, 0) is 4.79 Å². The van der Waals surface area contributed by atoms with Gasteiger partial charge in [-0.15, -0.1) is 0 Å². The minimum Gasteiger partial charge on any atom is -0.493 e. The first-order valence-electron chi connectivity index (χ1n) is 8.60. The van der Waals surface area contributed by atoms with Crippen LogP contribution in [0.2, 0.25) is 0 Å². The van der Waals surface area contributed by atoms with Crippen molar-refractivity contribution >= 4 is 17.5 Å². The molecule has 0 aromatic heterocycles. The van der Waals surface area contributed by atoms with Crippen LogP contribution in [0.25, 0.3) is 0 Å². The number of anilines is 1. The largest absolute Gasteiger partial charge is 0.493 e. The van der Waals surface area contributed by atoms with Gasteiger partial charge in [-0.05, 0) is 38.9 Å². The Hall–Kier alpha value is -2.28. The molecular formula is C18H27N3O4. The zero-order valence-corrected chi connectivity index (χ0v) is 15.2. The molecule has 7 nitrogen and oxygen atoms in total. The number of amides is 2. The summed E-state index contributed by atoms with van der Waals surface area (Å²) in [5, 5.41) is 5.86. The summed E-state index contributed by atoms with van der Waals surface area (Å²) in [5.41, 5.74) is 0.894. The summed E-state index contributed by atoms with van der Waals surface area (Å²) in [6, 6.07) is 3.29. The van der Waals surface area contributed by atoms with E-state index in [0.29, 0.717) is 29.2 Å². The van der Waals surface area contributed by atoms with Gasteiger partial charge in [0.15, 0.2) is 11.5 Å². The minimum atomic E-state index is -0.127. The van der Waals surface area contributed by atoms with Crippen LogP contribution in [0.3, 0.4) is 0 Å². The van der Waals surface area contributed by atoms with Gasteiger partial charge in [0.25, 0.3) is 5.91 Å². The summed E-state index contributed by atoms with van der Waals surface area (Å²) in [6.07, 6.45) is 3.12. The molecule has 1 aliphatic rings. The maximum absolute atomic E-state index is 12.8. The van der Waals surface area contributed by atoms with Gasteiger partial charge in [-0.25, -0.2) is 0 Å². The average Bonchev–Trinajstić information content (AvgIpc) is 3.15. The third kappa shape index (κ3) is 4.85. The maximum atomic E-state index is 12.8. The lowest BCUT2D eigenvalue weighted by Gasteiger charge is -2.20. The lowest BCUT2D eigenvalue weighted by molar-refractivity contribution is -0.116. The molecule has 2 N–H and O–H groups in total. The highest BCUT2D eigenvalue weighted by Crippen LogP contribution is 2.34. The summed E-state index contributed by atoms with van der Waals surface area (Å²) >= 11 is 0. The van der Waals surface area contributed by atoms with Gasteiger partial charge in [0, 0.05) is 25.6 Å². The monoisotopic (exact) mass is 349 g/mol. The van der Waals surface area contributed by atoms with Crippen molar-refractivity contribution in [2.75, 3.05) is 46.2 Å². The number of hydrogen-bond donors (Lipinski definition) is 2. The topological polar surface area (TPSA) is 79.9 Å². The van der Waals surface area contributed by atoms with E-state index in [9.17, 15) is 9.59 Å². The van der Waals surface area contributed by atoms with E-state index in [4.69, 9.17) is 9.47 Å². The molecule has 0 bridgehead atoms. The Bertz CT molecular complexity index is 613. The van der Waals surface area contributed by atoms with E-state index in [1.807, 2.05) is 7.05 Å². The molecule has 0 atom stereocenters. The third-order valence-electron chi connectivity index (χ3n) is 4.25. The summed E-state index contributed by atoms with van der Waals surface area (Å²) in [5.74, 6) is 0.728. The van der Waals surface area contributed by atoms with Gasteiger partial charge in [0.05, 0.1) is 25.5 Å². The average molecular weight is 349 g/mol. The van der Waals surface area contributed by atoms with Gasteiger partial charge in [0.2, 0.25) is 5.91 Å². The SMILES string of the molecule is CNCCCC(=O)Nc1cc(OC)c(OC)cc1C(=O)N1CCCC1. The number of ether oxygens (including phenoxy) is 2. The Morgan fingerprint density at radius 2 is 1.76 bits per heavy atom. The zero-order chi connectivity index (χ0) is 18.2. The molecule has 1 aliphatic heterocycles. The van der Waals surface area contributed by atoms with Crippen molar-refractivity contribution in [3.8, 4) is 11.5 Å². The van der Waals surface area contributed by atoms with Crippen molar-refractivity contribution in [2.24, 2.45) is 0 Å². The highest BCUT2D eigenvalue weighted by molar-refractivity contribution is 6.04. The molecular weight excluding hydrogens is 322 g/mol. The number of methoxy groups -OCH3 is 2. The Labute approximate surface area is 148 Å². The Morgan fingerprint density at radius 1 is 1.12 bits per heavy atom. The summed E-state index contributed by atoms with van der Waals surface area (Å²) in [6.45, 7) is 2.24. The second-order valence-electron chi connectivity index (χ2n) is 6.01. The highest BCUT2D eigenvalue weighted by atomic mass is 16.5. The van der Waals surface area contributed by atoms with Crippen LogP contribution in [0.4, 0.5) is 5.69 Å². The molecule has 0 saturated carbocycles. The molecule has 1 aromatic rings. The Kier molecular flexibility index (Phi) is 7.06. The van der Waals surface area contributed by atoms with Crippen molar-refractivity contribution in [3.63, 3.8) is 0 Å². The highest BCUT2D eigenvalue weighted by Gasteiger charge is 2.24. The Morgan fingerprint density at radius 3 is 2.36 bits per heavy atom. The van der Waals surface area contributed by atoms with Gasteiger partial charge in [0.1, 0.15) is 0 Å². The second-order valence-corrected chi connectivity index (χ2v) is 6.01. The predicted octanol–water partition coefficient (Wildman–Crippen LogP) is 1.88. The molecule has 138 valence electrons. The van der Waals surface area contributed by atoms with Crippen LogP contribution in [-0.4, -0.2) is 57.6 Å². The van der Waals surface area contributed by atoms with Crippen LogP contribution >= 0.6 is 0 Å². The number of carbonyl (C=O) groups is 2.